The molecule has 1 fully saturated rings. The van der Waals surface area contributed by atoms with Crippen molar-refractivity contribution in [3.05, 3.63) is 27.5 Å². The summed E-state index contributed by atoms with van der Waals surface area (Å²) in [5.74, 6) is -0.211. The van der Waals surface area contributed by atoms with Crippen LogP contribution in [-0.2, 0) is 4.74 Å². The zero-order chi connectivity index (χ0) is 12.5. The van der Waals surface area contributed by atoms with Gasteiger partial charge in [-0.15, -0.1) is 0 Å². The molecule has 0 radical (unpaired) electrons. The molecule has 0 spiro atoms. The highest BCUT2D eigenvalue weighted by Gasteiger charge is 2.33. The average molecular weight is 320 g/mol. The molecule has 1 aliphatic heterocycles. The van der Waals surface area contributed by atoms with E-state index >= 15 is 0 Å². The second-order valence-electron chi connectivity index (χ2n) is 4.48. The molecule has 17 heavy (non-hydrogen) atoms. The number of carbonyl (C=O) groups excluding carboxylic acids is 1. The molecule has 0 saturated carbocycles. The summed E-state index contributed by atoms with van der Waals surface area (Å²) in [7, 11) is 0. The van der Waals surface area contributed by atoms with Gasteiger partial charge in [0.25, 0.3) is 5.91 Å². The Kier molecular flexibility index (Phi) is 3.70. The minimum atomic E-state index is -0.211. The van der Waals surface area contributed by atoms with E-state index in [1.54, 1.807) is 12.3 Å². The van der Waals surface area contributed by atoms with Crippen LogP contribution in [0.5, 0.6) is 0 Å². The summed E-state index contributed by atoms with van der Waals surface area (Å²) in [5.41, 5.74) is 0.423. The summed E-state index contributed by atoms with van der Waals surface area (Å²) in [4.78, 5) is 15.8. The Morgan fingerprint density at radius 1 is 1.71 bits per heavy atom. The van der Waals surface area contributed by atoms with Crippen LogP contribution in [0.25, 0.3) is 0 Å². The molecule has 1 aliphatic rings. The standard InChI is InChI=1S/C11H12BrClN2O2/c1-11(5-17-6-11)4-15-10(16)8-2-7(12)3-14-9(8)13/h2-3H,4-6H2,1H3,(H,15,16). The van der Waals surface area contributed by atoms with E-state index in [1.165, 1.54) is 0 Å². The van der Waals surface area contributed by atoms with Crippen molar-refractivity contribution in [2.75, 3.05) is 19.8 Å². The Labute approximate surface area is 113 Å². The number of nitrogens with one attached hydrogen (secondary N) is 1. The highest BCUT2D eigenvalue weighted by Crippen LogP contribution is 2.25. The Morgan fingerprint density at radius 2 is 2.41 bits per heavy atom. The lowest BCUT2D eigenvalue weighted by molar-refractivity contribution is -0.0978. The van der Waals surface area contributed by atoms with E-state index in [9.17, 15) is 4.79 Å². The van der Waals surface area contributed by atoms with Gasteiger partial charge >= 0.3 is 0 Å². The third kappa shape index (κ3) is 2.97. The molecule has 1 aromatic rings. The van der Waals surface area contributed by atoms with Crippen molar-refractivity contribution in [2.45, 2.75) is 6.92 Å². The Bertz CT molecular complexity index is 449. The maximum Gasteiger partial charge on any atom is 0.254 e. The number of halogens is 2. The van der Waals surface area contributed by atoms with Gasteiger partial charge in [-0.05, 0) is 22.0 Å². The molecule has 1 saturated heterocycles. The molecule has 2 rings (SSSR count). The molecule has 0 bridgehead atoms. The van der Waals surface area contributed by atoms with Crippen LogP contribution in [0.4, 0.5) is 0 Å². The second kappa shape index (κ2) is 4.92. The minimum Gasteiger partial charge on any atom is -0.380 e. The van der Waals surface area contributed by atoms with Gasteiger partial charge in [-0.2, -0.15) is 0 Å². The summed E-state index contributed by atoms with van der Waals surface area (Å²) < 4.78 is 5.85. The molecule has 1 aromatic heterocycles. The topological polar surface area (TPSA) is 51.2 Å². The molecule has 0 aliphatic carbocycles. The van der Waals surface area contributed by atoms with Crippen LogP contribution in [-0.4, -0.2) is 30.6 Å². The predicted octanol–water partition coefficient (Wildman–Crippen LogP) is 2.26. The van der Waals surface area contributed by atoms with Gasteiger partial charge in [-0.25, -0.2) is 4.98 Å². The number of rotatable bonds is 3. The van der Waals surface area contributed by atoms with E-state index < -0.39 is 0 Å². The number of nitrogens with zero attached hydrogens (tertiary/aromatic N) is 1. The molecule has 1 N–H and O–H groups in total. The summed E-state index contributed by atoms with van der Waals surface area (Å²) in [5, 5.41) is 3.05. The maximum absolute atomic E-state index is 11.9. The van der Waals surface area contributed by atoms with Gasteiger partial charge in [-0.3, -0.25) is 4.79 Å². The average Bonchev–Trinajstić information content (AvgIpc) is 2.26. The van der Waals surface area contributed by atoms with Crippen LogP contribution in [0.15, 0.2) is 16.7 Å². The molecule has 0 aromatic carbocycles. The van der Waals surface area contributed by atoms with Gasteiger partial charge in [0.2, 0.25) is 0 Å². The zero-order valence-corrected chi connectivity index (χ0v) is 11.6. The number of hydrogen-bond acceptors (Lipinski definition) is 3. The van der Waals surface area contributed by atoms with Crippen molar-refractivity contribution in [1.29, 1.82) is 0 Å². The number of amides is 1. The molecule has 6 heteroatoms. The zero-order valence-electron chi connectivity index (χ0n) is 9.30. The Morgan fingerprint density at radius 3 is 3.00 bits per heavy atom. The maximum atomic E-state index is 11.9. The molecular formula is C11H12BrClN2O2. The first-order valence-corrected chi connectivity index (χ1v) is 6.34. The summed E-state index contributed by atoms with van der Waals surface area (Å²) in [6.45, 7) is 4.00. The van der Waals surface area contributed by atoms with Crippen LogP contribution in [0.2, 0.25) is 5.15 Å². The second-order valence-corrected chi connectivity index (χ2v) is 5.75. The lowest BCUT2D eigenvalue weighted by atomic mass is 9.89. The highest BCUT2D eigenvalue weighted by atomic mass is 79.9. The molecule has 0 atom stereocenters. The quantitative estimate of drug-likeness (QED) is 0.870. The fourth-order valence-electron chi connectivity index (χ4n) is 1.52. The van der Waals surface area contributed by atoms with Crippen molar-refractivity contribution >= 4 is 33.4 Å². The van der Waals surface area contributed by atoms with E-state index in [0.29, 0.717) is 25.3 Å². The van der Waals surface area contributed by atoms with Crippen LogP contribution in [0.1, 0.15) is 17.3 Å². The van der Waals surface area contributed by atoms with E-state index in [2.05, 4.69) is 33.2 Å². The van der Waals surface area contributed by atoms with Crippen LogP contribution in [0, 0.1) is 5.41 Å². The lowest BCUT2D eigenvalue weighted by Gasteiger charge is -2.38. The first kappa shape index (κ1) is 12.8. The van der Waals surface area contributed by atoms with Gasteiger partial charge in [0.15, 0.2) is 0 Å². The van der Waals surface area contributed by atoms with E-state index in [4.69, 9.17) is 16.3 Å². The molecule has 92 valence electrons. The largest absolute Gasteiger partial charge is 0.380 e. The molecular weight excluding hydrogens is 307 g/mol. The lowest BCUT2D eigenvalue weighted by Crippen LogP contribution is -2.48. The van der Waals surface area contributed by atoms with E-state index in [0.717, 1.165) is 4.47 Å². The summed E-state index contributed by atoms with van der Waals surface area (Å²) in [6, 6.07) is 1.66. The minimum absolute atomic E-state index is 0.0432. The number of hydrogen-bond donors (Lipinski definition) is 1. The monoisotopic (exact) mass is 318 g/mol. The molecule has 1 amide bonds. The number of carbonyl (C=O) groups is 1. The fourth-order valence-corrected chi connectivity index (χ4v) is 2.04. The van der Waals surface area contributed by atoms with Gasteiger partial charge in [0.05, 0.1) is 18.8 Å². The molecule has 2 heterocycles. The van der Waals surface area contributed by atoms with Crippen LogP contribution in [0.3, 0.4) is 0 Å². The van der Waals surface area contributed by atoms with Crippen molar-refractivity contribution in [2.24, 2.45) is 5.41 Å². The van der Waals surface area contributed by atoms with E-state index in [1.807, 2.05) is 0 Å². The van der Waals surface area contributed by atoms with Crippen LogP contribution >= 0.6 is 27.5 Å². The highest BCUT2D eigenvalue weighted by molar-refractivity contribution is 9.10. The molecule has 0 unspecified atom stereocenters. The SMILES string of the molecule is CC1(CNC(=O)c2cc(Br)cnc2Cl)COC1. The number of ether oxygens (including phenoxy) is 1. The summed E-state index contributed by atoms with van der Waals surface area (Å²) >= 11 is 9.13. The fraction of sp³-hybridized carbons (Fsp3) is 0.455. The third-order valence-electron chi connectivity index (χ3n) is 2.63. The van der Waals surface area contributed by atoms with Crippen molar-refractivity contribution in [1.82, 2.24) is 10.3 Å². The molecule has 4 nitrogen and oxygen atoms in total. The predicted molar refractivity (Wildman–Crippen MR) is 68.2 cm³/mol. The van der Waals surface area contributed by atoms with Crippen LogP contribution < -0.4 is 5.32 Å². The summed E-state index contributed by atoms with van der Waals surface area (Å²) in [6.07, 6.45) is 1.56. The first-order chi connectivity index (χ1) is 8.00. The van der Waals surface area contributed by atoms with Gasteiger partial charge in [0, 0.05) is 22.6 Å². The van der Waals surface area contributed by atoms with Crippen molar-refractivity contribution < 1.29 is 9.53 Å². The van der Waals surface area contributed by atoms with Gasteiger partial charge < -0.3 is 10.1 Å². The van der Waals surface area contributed by atoms with Crippen molar-refractivity contribution in [3.63, 3.8) is 0 Å². The Hall–Kier alpha value is -0.650. The smallest absolute Gasteiger partial charge is 0.254 e. The van der Waals surface area contributed by atoms with Gasteiger partial charge in [0.1, 0.15) is 5.15 Å². The van der Waals surface area contributed by atoms with Gasteiger partial charge in [-0.1, -0.05) is 18.5 Å². The third-order valence-corrected chi connectivity index (χ3v) is 3.36. The van der Waals surface area contributed by atoms with Crippen molar-refractivity contribution in [3.8, 4) is 0 Å². The normalized spacial score (nSPS) is 17.4. The Balaban J connectivity index is 2.01. The number of pyridine rings is 1. The van der Waals surface area contributed by atoms with E-state index in [-0.39, 0.29) is 16.5 Å². The first-order valence-electron chi connectivity index (χ1n) is 5.17. The number of aromatic nitrogens is 1.